The van der Waals surface area contributed by atoms with Crippen LogP contribution in [0.1, 0.15) is 0 Å². The number of benzene rings is 1. The van der Waals surface area contributed by atoms with Crippen LogP contribution >= 0.6 is 11.6 Å². The molecule has 15 heavy (non-hydrogen) atoms. The average molecular weight is 233 g/mol. The van der Waals surface area contributed by atoms with Crippen molar-refractivity contribution in [3.8, 4) is 5.75 Å². The van der Waals surface area contributed by atoms with Gasteiger partial charge in [0.2, 0.25) is 0 Å². The van der Waals surface area contributed by atoms with Crippen LogP contribution in [-0.2, 0) is 0 Å². The number of rotatable bonds is 3. The number of nitrogens with zero attached hydrogens (tertiary/aromatic N) is 2. The van der Waals surface area contributed by atoms with E-state index in [1.165, 1.54) is 7.11 Å². The van der Waals surface area contributed by atoms with Crippen LogP contribution in [-0.4, -0.2) is 17.0 Å². The van der Waals surface area contributed by atoms with Crippen molar-refractivity contribution in [1.82, 2.24) is 0 Å². The van der Waals surface area contributed by atoms with Crippen molar-refractivity contribution in [2.24, 2.45) is 0 Å². The Morgan fingerprint density at radius 3 is 1.87 bits per heavy atom. The molecule has 0 aliphatic rings. The zero-order valence-electron chi connectivity index (χ0n) is 7.47. The molecule has 0 aliphatic carbocycles. The maximum absolute atomic E-state index is 10.5. The Balaban J connectivity index is 3.47. The van der Waals surface area contributed by atoms with Gasteiger partial charge in [-0.2, -0.15) is 0 Å². The van der Waals surface area contributed by atoms with Gasteiger partial charge in [-0.3, -0.25) is 20.2 Å². The summed E-state index contributed by atoms with van der Waals surface area (Å²) in [6, 6.07) is 2.05. The number of nitro groups is 2. The average Bonchev–Trinajstić information content (AvgIpc) is 2.17. The van der Waals surface area contributed by atoms with Crippen LogP contribution < -0.4 is 4.74 Å². The predicted molar refractivity (Wildman–Crippen MR) is 51.3 cm³/mol. The summed E-state index contributed by atoms with van der Waals surface area (Å²) in [7, 11) is 1.25. The van der Waals surface area contributed by atoms with E-state index in [4.69, 9.17) is 11.6 Å². The summed E-state index contributed by atoms with van der Waals surface area (Å²) in [4.78, 5) is 19.4. The van der Waals surface area contributed by atoms with Crippen molar-refractivity contribution < 1.29 is 14.6 Å². The number of nitro benzene ring substituents is 2. The molecule has 0 heterocycles. The highest BCUT2D eigenvalue weighted by atomic mass is 35.5. The van der Waals surface area contributed by atoms with E-state index in [2.05, 4.69) is 4.74 Å². The zero-order chi connectivity index (χ0) is 11.6. The van der Waals surface area contributed by atoms with E-state index in [9.17, 15) is 20.2 Å². The lowest BCUT2D eigenvalue weighted by Gasteiger charge is -2.01. The number of halogens is 1. The van der Waals surface area contributed by atoms with E-state index in [0.717, 1.165) is 12.1 Å². The first kappa shape index (κ1) is 11.2. The number of hydrogen-bond acceptors (Lipinski definition) is 5. The Bertz CT molecular complexity index is 398. The lowest BCUT2D eigenvalue weighted by molar-refractivity contribution is -0.394. The Morgan fingerprint density at radius 2 is 1.60 bits per heavy atom. The first-order chi connectivity index (χ1) is 6.97. The topological polar surface area (TPSA) is 95.5 Å². The minimum Gasteiger partial charge on any atom is -0.496 e. The van der Waals surface area contributed by atoms with Crippen LogP contribution in [0.2, 0.25) is 5.02 Å². The van der Waals surface area contributed by atoms with E-state index in [1.54, 1.807) is 0 Å². The van der Waals surface area contributed by atoms with Crippen molar-refractivity contribution in [3.05, 3.63) is 37.4 Å². The monoisotopic (exact) mass is 232 g/mol. The molecule has 0 unspecified atom stereocenters. The predicted octanol–water partition coefficient (Wildman–Crippen LogP) is 2.17. The summed E-state index contributed by atoms with van der Waals surface area (Å²) in [5.41, 5.74) is -1.11. The molecule has 0 aliphatic heterocycles. The van der Waals surface area contributed by atoms with Gasteiger partial charge in [0, 0.05) is 0 Å². The zero-order valence-corrected chi connectivity index (χ0v) is 8.22. The molecule has 0 radical (unpaired) electrons. The summed E-state index contributed by atoms with van der Waals surface area (Å²) in [5, 5.41) is 20.5. The Labute approximate surface area is 88.5 Å². The van der Waals surface area contributed by atoms with Crippen LogP contribution in [0, 0.1) is 20.2 Å². The first-order valence-corrected chi connectivity index (χ1v) is 4.01. The van der Waals surface area contributed by atoms with Gasteiger partial charge < -0.3 is 4.74 Å². The van der Waals surface area contributed by atoms with Crippen LogP contribution in [0.5, 0.6) is 5.75 Å². The molecule has 0 aromatic heterocycles. The second kappa shape index (κ2) is 4.09. The van der Waals surface area contributed by atoms with Gasteiger partial charge in [0.05, 0.1) is 29.1 Å². The van der Waals surface area contributed by atoms with Crippen LogP contribution in [0.15, 0.2) is 12.1 Å². The fourth-order valence-corrected chi connectivity index (χ4v) is 1.20. The Morgan fingerprint density at radius 1 is 1.20 bits per heavy atom. The summed E-state index contributed by atoms with van der Waals surface area (Å²) < 4.78 is 4.68. The SMILES string of the molecule is COc1cc([N+](=O)[O-])c(Cl)c([N+](=O)[O-])c1. The molecule has 1 aromatic rings. The molecular formula is C7H5ClN2O5. The minimum atomic E-state index is -0.808. The lowest BCUT2D eigenvalue weighted by atomic mass is 10.2. The highest BCUT2D eigenvalue weighted by Crippen LogP contribution is 2.37. The van der Waals surface area contributed by atoms with Crippen molar-refractivity contribution in [2.75, 3.05) is 7.11 Å². The molecule has 8 heteroatoms. The number of ether oxygens (including phenoxy) is 1. The molecule has 1 rings (SSSR count). The van der Waals surface area contributed by atoms with E-state index in [-0.39, 0.29) is 5.75 Å². The van der Waals surface area contributed by atoms with Crippen molar-refractivity contribution >= 4 is 23.0 Å². The van der Waals surface area contributed by atoms with Gasteiger partial charge in [0.25, 0.3) is 11.4 Å². The van der Waals surface area contributed by atoms with Gasteiger partial charge in [0.1, 0.15) is 5.75 Å². The van der Waals surface area contributed by atoms with E-state index >= 15 is 0 Å². The lowest BCUT2D eigenvalue weighted by Crippen LogP contribution is -1.96. The van der Waals surface area contributed by atoms with Crippen LogP contribution in [0.3, 0.4) is 0 Å². The molecule has 0 saturated carbocycles. The highest BCUT2D eigenvalue weighted by molar-refractivity contribution is 6.34. The molecule has 1 aromatic carbocycles. The highest BCUT2D eigenvalue weighted by Gasteiger charge is 2.25. The normalized spacial score (nSPS) is 9.73. The van der Waals surface area contributed by atoms with Gasteiger partial charge in [-0.05, 0) is 0 Å². The molecule has 80 valence electrons. The van der Waals surface area contributed by atoms with E-state index < -0.39 is 26.2 Å². The van der Waals surface area contributed by atoms with E-state index in [1.807, 2.05) is 0 Å². The summed E-state index contributed by atoms with van der Waals surface area (Å²) >= 11 is 5.49. The van der Waals surface area contributed by atoms with Crippen LogP contribution in [0.4, 0.5) is 11.4 Å². The number of hydrogen-bond donors (Lipinski definition) is 0. The fourth-order valence-electron chi connectivity index (χ4n) is 0.953. The van der Waals surface area contributed by atoms with Crippen molar-refractivity contribution in [2.45, 2.75) is 0 Å². The fraction of sp³-hybridized carbons (Fsp3) is 0.143. The summed E-state index contributed by atoms with van der Waals surface area (Å²) in [5.74, 6) is 0.0119. The minimum absolute atomic E-state index is 0.0119. The second-order valence-corrected chi connectivity index (χ2v) is 2.87. The maximum Gasteiger partial charge on any atom is 0.298 e. The molecule has 0 N–H and O–H groups in total. The molecular weight excluding hydrogens is 228 g/mol. The largest absolute Gasteiger partial charge is 0.496 e. The molecule has 0 amide bonds. The van der Waals surface area contributed by atoms with Crippen molar-refractivity contribution in [3.63, 3.8) is 0 Å². The summed E-state index contributed by atoms with van der Waals surface area (Å²) in [6.45, 7) is 0. The molecule has 0 spiro atoms. The third-order valence-electron chi connectivity index (χ3n) is 1.64. The summed E-state index contributed by atoms with van der Waals surface area (Å²) in [6.07, 6.45) is 0. The Kier molecular flexibility index (Phi) is 3.05. The van der Waals surface area contributed by atoms with Gasteiger partial charge in [-0.1, -0.05) is 11.6 Å². The first-order valence-electron chi connectivity index (χ1n) is 3.63. The standard InChI is InChI=1S/C7H5ClN2O5/c1-15-4-2-5(9(11)12)7(8)6(3-4)10(13)14/h2-3H,1H3. The Hall–Kier alpha value is -1.89. The maximum atomic E-state index is 10.5. The van der Waals surface area contributed by atoms with Gasteiger partial charge in [0.15, 0.2) is 5.02 Å². The number of methoxy groups -OCH3 is 1. The van der Waals surface area contributed by atoms with Gasteiger partial charge >= 0.3 is 0 Å². The molecule has 0 fully saturated rings. The quantitative estimate of drug-likeness (QED) is 0.588. The van der Waals surface area contributed by atoms with Gasteiger partial charge in [-0.25, -0.2) is 0 Å². The van der Waals surface area contributed by atoms with Gasteiger partial charge in [-0.15, -0.1) is 0 Å². The second-order valence-electron chi connectivity index (χ2n) is 2.49. The van der Waals surface area contributed by atoms with Crippen molar-refractivity contribution in [1.29, 1.82) is 0 Å². The molecule has 0 saturated heterocycles. The van der Waals surface area contributed by atoms with Crippen LogP contribution in [0.25, 0.3) is 0 Å². The molecule has 7 nitrogen and oxygen atoms in total. The smallest absolute Gasteiger partial charge is 0.298 e. The molecule has 0 bridgehead atoms. The third kappa shape index (κ3) is 2.13. The van der Waals surface area contributed by atoms with E-state index in [0.29, 0.717) is 0 Å². The third-order valence-corrected chi connectivity index (χ3v) is 2.02. The molecule has 0 atom stereocenters.